The molecular formula is C12H20BNO2. The second-order valence-corrected chi connectivity index (χ2v) is 5.57. The molecule has 0 saturated carbocycles. The van der Waals surface area contributed by atoms with Gasteiger partial charge >= 0.3 is 7.25 Å². The molecule has 0 bridgehead atoms. The van der Waals surface area contributed by atoms with Crippen LogP contribution in [0.3, 0.4) is 0 Å². The van der Waals surface area contributed by atoms with Gasteiger partial charge < -0.3 is 14.1 Å². The first-order valence-corrected chi connectivity index (χ1v) is 5.79. The molecule has 0 aliphatic carbocycles. The van der Waals surface area contributed by atoms with Crippen molar-refractivity contribution in [3.05, 3.63) is 24.0 Å². The van der Waals surface area contributed by atoms with Crippen molar-refractivity contribution in [1.29, 1.82) is 0 Å². The maximum atomic E-state index is 5.96. The summed E-state index contributed by atoms with van der Waals surface area (Å²) >= 11 is 0. The Morgan fingerprint density at radius 3 is 2.25 bits per heavy atom. The number of rotatable bonds is 1. The van der Waals surface area contributed by atoms with Gasteiger partial charge in [-0.25, -0.2) is 0 Å². The maximum absolute atomic E-state index is 5.96. The molecule has 2 heterocycles. The summed E-state index contributed by atoms with van der Waals surface area (Å²) in [5.41, 5.74) is 0.771. The smallest absolute Gasteiger partial charge is 0.384 e. The van der Waals surface area contributed by atoms with Gasteiger partial charge in [0, 0.05) is 0 Å². The predicted octanol–water partition coefficient (Wildman–Crippen LogP) is 2.70. The summed E-state index contributed by atoms with van der Waals surface area (Å²) in [6.45, 7) is 10.4. The maximum Gasteiger partial charge on any atom is 0.598 e. The first-order valence-electron chi connectivity index (χ1n) is 5.79. The van der Waals surface area contributed by atoms with Crippen LogP contribution in [-0.4, -0.2) is 23.3 Å². The third-order valence-electron chi connectivity index (χ3n) is 3.57. The van der Waals surface area contributed by atoms with E-state index in [1.807, 2.05) is 11.0 Å². The molecule has 3 nitrogen and oxygen atoms in total. The fraction of sp³-hybridized carbons (Fsp3) is 0.667. The van der Waals surface area contributed by atoms with E-state index in [0.717, 1.165) is 6.42 Å². The zero-order chi connectivity index (χ0) is 12.0. The lowest BCUT2D eigenvalue weighted by Crippen LogP contribution is -2.41. The van der Waals surface area contributed by atoms with Crippen molar-refractivity contribution in [3.8, 4) is 0 Å². The van der Waals surface area contributed by atoms with E-state index < -0.39 is 0 Å². The van der Waals surface area contributed by atoms with Crippen LogP contribution >= 0.6 is 0 Å². The fourth-order valence-electron chi connectivity index (χ4n) is 1.78. The molecule has 1 saturated heterocycles. The monoisotopic (exact) mass is 221 g/mol. The van der Waals surface area contributed by atoms with Gasteiger partial charge in [-0.3, -0.25) is 0 Å². The molecule has 0 aromatic carbocycles. The predicted molar refractivity (Wildman–Crippen MR) is 65.4 cm³/mol. The highest BCUT2D eigenvalue weighted by molar-refractivity contribution is 6.43. The molecule has 2 aliphatic heterocycles. The van der Waals surface area contributed by atoms with Crippen LogP contribution in [0.2, 0.25) is 0 Å². The normalized spacial score (nSPS) is 27.2. The summed E-state index contributed by atoms with van der Waals surface area (Å²) in [7, 11) is -0.309. The van der Waals surface area contributed by atoms with Crippen molar-refractivity contribution in [3.63, 3.8) is 0 Å². The van der Waals surface area contributed by atoms with E-state index in [4.69, 9.17) is 9.31 Å². The summed E-state index contributed by atoms with van der Waals surface area (Å²) in [5, 5.41) is 0. The van der Waals surface area contributed by atoms with Gasteiger partial charge in [-0.15, -0.1) is 0 Å². The standard InChI is InChI=1S/C12H20BNO2/c1-10-7-6-8-14(9-10)13-15-11(2,3)12(4,5)16-13/h6,8-9H,7H2,1-5H3. The molecule has 0 atom stereocenters. The van der Waals surface area contributed by atoms with Gasteiger partial charge in [0.15, 0.2) is 0 Å². The van der Waals surface area contributed by atoms with Crippen LogP contribution in [-0.2, 0) is 9.31 Å². The third-order valence-corrected chi connectivity index (χ3v) is 3.57. The zero-order valence-electron chi connectivity index (χ0n) is 10.8. The van der Waals surface area contributed by atoms with Gasteiger partial charge in [0.2, 0.25) is 0 Å². The lowest BCUT2D eigenvalue weighted by Gasteiger charge is -2.32. The Kier molecular flexibility index (Phi) is 2.67. The molecule has 0 unspecified atom stereocenters. The van der Waals surface area contributed by atoms with Crippen LogP contribution in [0.15, 0.2) is 24.0 Å². The highest BCUT2D eigenvalue weighted by atomic mass is 16.7. The quantitative estimate of drug-likeness (QED) is 0.635. The van der Waals surface area contributed by atoms with E-state index >= 15 is 0 Å². The number of allylic oxidation sites excluding steroid dienone is 2. The average molecular weight is 221 g/mol. The van der Waals surface area contributed by atoms with E-state index in [2.05, 4.69) is 46.9 Å². The summed E-state index contributed by atoms with van der Waals surface area (Å²) in [5.74, 6) is 0. The van der Waals surface area contributed by atoms with Crippen molar-refractivity contribution >= 4 is 7.25 Å². The molecule has 0 aromatic heterocycles. The van der Waals surface area contributed by atoms with Crippen LogP contribution in [0.25, 0.3) is 0 Å². The molecule has 2 aliphatic rings. The second kappa shape index (κ2) is 3.64. The average Bonchev–Trinajstić information content (AvgIpc) is 2.36. The topological polar surface area (TPSA) is 21.7 Å². The molecule has 0 radical (unpaired) electrons. The fourth-order valence-corrected chi connectivity index (χ4v) is 1.78. The molecule has 88 valence electrons. The van der Waals surface area contributed by atoms with Crippen LogP contribution in [0.1, 0.15) is 41.0 Å². The minimum Gasteiger partial charge on any atom is -0.384 e. The van der Waals surface area contributed by atoms with Gasteiger partial charge in [0.05, 0.1) is 11.2 Å². The first-order chi connectivity index (χ1) is 7.32. The molecule has 0 N–H and O–H groups in total. The van der Waals surface area contributed by atoms with Crippen LogP contribution < -0.4 is 0 Å². The van der Waals surface area contributed by atoms with E-state index in [1.165, 1.54) is 5.57 Å². The Balaban J connectivity index is 2.15. The van der Waals surface area contributed by atoms with Crippen molar-refractivity contribution in [1.82, 2.24) is 4.81 Å². The van der Waals surface area contributed by atoms with E-state index in [9.17, 15) is 0 Å². The Labute approximate surface area is 98.3 Å². The molecule has 1 fully saturated rings. The Morgan fingerprint density at radius 2 is 1.75 bits per heavy atom. The van der Waals surface area contributed by atoms with Gasteiger partial charge in [-0.1, -0.05) is 11.6 Å². The van der Waals surface area contributed by atoms with Gasteiger partial charge in [0.25, 0.3) is 0 Å². The Bertz CT molecular complexity index is 331. The minimum absolute atomic E-state index is 0.273. The summed E-state index contributed by atoms with van der Waals surface area (Å²) < 4.78 is 11.9. The molecule has 0 aromatic rings. The van der Waals surface area contributed by atoms with Crippen LogP contribution in [0.5, 0.6) is 0 Å². The highest BCUT2D eigenvalue weighted by Crippen LogP contribution is 2.38. The summed E-state index contributed by atoms with van der Waals surface area (Å²) in [6.07, 6.45) is 7.24. The molecule has 0 spiro atoms. The number of hydrogen-bond acceptors (Lipinski definition) is 3. The summed E-state index contributed by atoms with van der Waals surface area (Å²) in [4.78, 5) is 2.00. The van der Waals surface area contributed by atoms with E-state index in [0.29, 0.717) is 0 Å². The van der Waals surface area contributed by atoms with E-state index in [1.54, 1.807) is 0 Å². The molecule has 16 heavy (non-hydrogen) atoms. The highest BCUT2D eigenvalue weighted by Gasteiger charge is 2.53. The lowest BCUT2D eigenvalue weighted by molar-refractivity contribution is 0.00578. The van der Waals surface area contributed by atoms with E-state index in [-0.39, 0.29) is 18.5 Å². The molecule has 4 heteroatoms. The Hall–Kier alpha value is -0.735. The molecule has 2 rings (SSSR count). The van der Waals surface area contributed by atoms with Crippen molar-refractivity contribution < 1.29 is 9.31 Å². The van der Waals surface area contributed by atoms with Crippen LogP contribution in [0.4, 0.5) is 0 Å². The largest absolute Gasteiger partial charge is 0.598 e. The lowest BCUT2D eigenvalue weighted by atomic mass is 9.90. The SMILES string of the molecule is CC1=CN(B2OC(C)(C)C(C)(C)O2)C=CC1. The van der Waals surface area contributed by atoms with Gasteiger partial charge in [0.1, 0.15) is 0 Å². The van der Waals surface area contributed by atoms with Crippen LogP contribution in [0, 0.1) is 0 Å². The van der Waals surface area contributed by atoms with Gasteiger partial charge in [-0.2, -0.15) is 0 Å². The number of nitrogens with zero attached hydrogens (tertiary/aromatic N) is 1. The minimum atomic E-state index is -0.309. The van der Waals surface area contributed by atoms with Gasteiger partial charge in [-0.05, 0) is 53.4 Å². The number of hydrogen-bond donors (Lipinski definition) is 0. The van der Waals surface area contributed by atoms with Crippen molar-refractivity contribution in [2.24, 2.45) is 0 Å². The molecular weight excluding hydrogens is 201 g/mol. The third kappa shape index (κ3) is 1.92. The molecule has 0 amide bonds. The first kappa shape index (κ1) is 11.7. The second-order valence-electron chi connectivity index (χ2n) is 5.57. The van der Waals surface area contributed by atoms with Crippen molar-refractivity contribution in [2.45, 2.75) is 52.2 Å². The van der Waals surface area contributed by atoms with Crippen molar-refractivity contribution in [2.75, 3.05) is 0 Å². The summed E-state index contributed by atoms with van der Waals surface area (Å²) in [6, 6.07) is 0. The Morgan fingerprint density at radius 1 is 1.19 bits per heavy atom. The zero-order valence-corrected chi connectivity index (χ0v) is 10.8.